The smallest absolute Gasteiger partial charge is 0.333 e. The number of halogens is 2. The van der Waals surface area contributed by atoms with E-state index in [4.69, 9.17) is 21.3 Å². The van der Waals surface area contributed by atoms with Crippen LogP contribution in [-0.4, -0.2) is 35.7 Å². The number of aromatic nitrogens is 1. The van der Waals surface area contributed by atoms with E-state index in [9.17, 15) is 9.18 Å². The topological polar surface area (TPSA) is 42.4 Å². The van der Waals surface area contributed by atoms with Crippen molar-refractivity contribution in [2.24, 2.45) is 0 Å². The first-order valence-electron chi connectivity index (χ1n) is 8.29. The summed E-state index contributed by atoms with van der Waals surface area (Å²) in [4.78, 5) is 17.8. The van der Waals surface area contributed by atoms with Crippen molar-refractivity contribution in [2.75, 3.05) is 19.8 Å². The zero-order valence-corrected chi connectivity index (χ0v) is 14.7. The van der Waals surface area contributed by atoms with Gasteiger partial charge in [0.1, 0.15) is 13.3 Å². The highest BCUT2D eigenvalue weighted by atomic mass is 35.5. The molecule has 0 N–H and O–H groups in total. The maximum Gasteiger partial charge on any atom is 0.333 e. The lowest BCUT2D eigenvalue weighted by molar-refractivity contribution is -0.135. The lowest BCUT2D eigenvalue weighted by Crippen LogP contribution is -2.25. The van der Waals surface area contributed by atoms with Gasteiger partial charge in [0, 0.05) is 35.0 Å². The van der Waals surface area contributed by atoms with Gasteiger partial charge in [0.25, 0.3) is 0 Å². The van der Waals surface area contributed by atoms with Crippen LogP contribution < -0.4 is 0 Å². The van der Waals surface area contributed by atoms with Crippen LogP contribution >= 0.6 is 11.6 Å². The Kier molecular flexibility index (Phi) is 4.47. The fourth-order valence-electron chi connectivity index (χ4n) is 3.13. The predicted molar refractivity (Wildman–Crippen MR) is 99.7 cm³/mol. The Bertz CT molecular complexity index is 1030. The van der Waals surface area contributed by atoms with Gasteiger partial charge in [0.05, 0.1) is 16.7 Å². The van der Waals surface area contributed by atoms with E-state index < -0.39 is 6.67 Å². The van der Waals surface area contributed by atoms with Crippen LogP contribution in [0.3, 0.4) is 0 Å². The van der Waals surface area contributed by atoms with Crippen LogP contribution in [0.2, 0.25) is 5.02 Å². The lowest BCUT2D eigenvalue weighted by atomic mass is 10.1. The van der Waals surface area contributed by atoms with Gasteiger partial charge in [-0.2, -0.15) is 0 Å². The average Bonchev–Trinajstić information content (AvgIpc) is 3.06. The molecule has 2 aromatic carbocycles. The third kappa shape index (κ3) is 3.35. The molecule has 0 aliphatic carbocycles. The third-order valence-electron chi connectivity index (χ3n) is 4.42. The molecule has 0 spiro atoms. The molecule has 1 aliphatic heterocycles. The molecule has 0 amide bonds. The van der Waals surface area contributed by atoms with Crippen molar-refractivity contribution >= 4 is 39.4 Å². The molecule has 0 saturated heterocycles. The number of hydrogen-bond donors (Lipinski definition) is 0. The molecule has 0 saturated carbocycles. The fraction of sp³-hybridized carbons (Fsp3) is 0.200. The number of pyridine rings is 1. The molecule has 4 rings (SSSR count). The van der Waals surface area contributed by atoms with Crippen LogP contribution in [0.4, 0.5) is 4.39 Å². The van der Waals surface area contributed by atoms with Crippen LogP contribution in [0, 0.1) is 0 Å². The number of alkyl halides is 1. The molecule has 132 valence electrons. The maximum atomic E-state index is 12.9. The summed E-state index contributed by atoms with van der Waals surface area (Å²) in [6, 6.07) is 13.7. The monoisotopic (exact) mass is 370 g/mol. The van der Waals surface area contributed by atoms with E-state index >= 15 is 0 Å². The minimum atomic E-state index is -0.500. The maximum absolute atomic E-state index is 12.9. The van der Waals surface area contributed by atoms with E-state index in [0.717, 1.165) is 27.4 Å². The Morgan fingerprint density at radius 1 is 1.12 bits per heavy atom. The summed E-state index contributed by atoms with van der Waals surface area (Å²) in [7, 11) is 0. The number of benzene rings is 2. The number of cyclic esters (lactones) is 1. The van der Waals surface area contributed by atoms with Gasteiger partial charge in [-0.25, -0.2) is 14.2 Å². The van der Waals surface area contributed by atoms with Gasteiger partial charge in [-0.05, 0) is 29.8 Å². The summed E-state index contributed by atoms with van der Waals surface area (Å²) in [6.45, 7) is 0.382. The van der Waals surface area contributed by atoms with Crippen molar-refractivity contribution < 1.29 is 13.9 Å². The van der Waals surface area contributed by atoms with Crippen LogP contribution in [0.15, 0.2) is 54.2 Å². The number of carbonyl (C=O) groups is 1. The predicted octanol–water partition coefficient (Wildman–Crippen LogP) is 4.25. The molecule has 0 radical (unpaired) electrons. The number of nitrogens with zero attached hydrogens (tertiary/aromatic N) is 2. The largest absolute Gasteiger partial charge is 0.456 e. The number of rotatable bonds is 5. The molecule has 2 heterocycles. The minimum Gasteiger partial charge on any atom is -0.456 e. The normalized spacial score (nSPS) is 13.9. The van der Waals surface area contributed by atoms with E-state index in [1.807, 2.05) is 41.3 Å². The number of carbonyl (C=O) groups excluding carboxylic acids is 1. The molecule has 6 heteroatoms. The molecule has 4 nitrogen and oxygen atoms in total. The van der Waals surface area contributed by atoms with Gasteiger partial charge in [0.15, 0.2) is 0 Å². The molecule has 26 heavy (non-hydrogen) atoms. The van der Waals surface area contributed by atoms with Gasteiger partial charge in [-0.3, -0.25) is 0 Å². The SMILES string of the molecule is O=C1C=C(N(CCF)Cc2ccc3cc4ccc(Cl)cc4nc3c2)CO1. The average molecular weight is 371 g/mol. The first-order chi connectivity index (χ1) is 12.6. The standard InChI is InChI=1S/C20H16ClFN2O2/c21-16-4-3-15-8-14-2-1-13(7-18(14)23-19(15)9-16)11-24(6-5-22)17-10-20(25)26-12-17/h1-4,7-10H,5-6,11-12H2. The van der Waals surface area contributed by atoms with Crippen molar-refractivity contribution in [3.05, 3.63) is 64.8 Å². The lowest BCUT2D eigenvalue weighted by Gasteiger charge is -2.23. The van der Waals surface area contributed by atoms with Crippen LogP contribution in [0.5, 0.6) is 0 Å². The molecule has 1 aliphatic rings. The van der Waals surface area contributed by atoms with E-state index in [0.29, 0.717) is 17.3 Å². The van der Waals surface area contributed by atoms with Crippen molar-refractivity contribution in [2.45, 2.75) is 6.54 Å². The summed E-state index contributed by atoms with van der Waals surface area (Å²) in [5.41, 5.74) is 3.37. The molecule has 0 fully saturated rings. The Hall–Kier alpha value is -2.66. The van der Waals surface area contributed by atoms with Crippen LogP contribution in [0.25, 0.3) is 21.8 Å². The molecule has 0 unspecified atom stereocenters. The summed E-state index contributed by atoms with van der Waals surface area (Å²) in [5.74, 6) is -0.382. The highest BCUT2D eigenvalue weighted by Gasteiger charge is 2.19. The molecule has 0 bridgehead atoms. The van der Waals surface area contributed by atoms with Crippen molar-refractivity contribution in [1.82, 2.24) is 9.88 Å². The van der Waals surface area contributed by atoms with Gasteiger partial charge >= 0.3 is 5.97 Å². The van der Waals surface area contributed by atoms with Gasteiger partial charge in [-0.15, -0.1) is 0 Å². The number of fused-ring (bicyclic) bond motifs is 2. The van der Waals surface area contributed by atoms with Crippen LogP contribution in [0.1, 0.15) is 5.56 Å². The van der Waals surface area contributed by atoms with E-state index in [1.165, 1.54) is 6.08 Å². The zero-order chi connectivity index (χ0) is 18.1. The highest BCUT2D eigenvalue weighted by Crippen LogP contribution is 2.24. The van der Waals surface area contributed by atoms with Crippen molar-refractivity contribution in [3.63, 3.8) is 0 Å². The Morgan fingerprint density at radius 2 is 1.88 bits per heavy atom. The number of esters is 1. The second kappa shape index (κ2) is 6.92. The summed E-state index contributed by atoms with van der Waals surface area (Å²) in [6.07, 6.45) is 1.42. The first kappa shape index (κ1) is 16.8. The fourth-order valence-corrected chi connectivity index (χ4v) is 3.30. The Labute approximate surface area is 154 Å². The second-order valence-corrected chi connectivity index (χ2v) is 6.64. The Balaban J connectivity index is 1.68. The van der Waals surface area contributed by atoms with Gasteiger partial charge < -0.3 is 9.64 Å². The summed E-state index contributed by atoms with van der Waals surface area (Å²) >= 11 is 6.06. The number of hydrogen-bond acceptors (Lipinski definition) is 4. The molecule has 3 aromatic rings. The van der Waals surface area contributed by atoms with Crippen LogP contribution in [-0.2, 0) is 16.1 Å². The second-order valence-electron chi connectivity index (χ2n) is 6.21. The number of ether oxygens (including phenoxy) is 1. The Morgan fingerprint density at radius 3 is 2.62 bits per heavy atom. The minimum absolute atomic E-state index is 0.188. The summed E-state index contributed by atoms with van der Waals surface area (Å²) in [5, 5.41) is 2.70. The molecular formula is C20H16ClFN2O2. The molecule has 1 aromatic heterocycles. The third-order valence-corrected chi connectivity index (χ3v) is 4.66. The molecule has 0 atom stereocenters. The van der Waals surface area contributed by atoms with E-state index in [2.05, 4.69) is 6.07 Å². The summed E-state index contributed by atoms with van der Waals surface area (Å²) < 4.78 is 17.9. The van der Waals surface area contributed by atoms with E-state index in [1.54, 1.807) is 0 Å². The molecular weight excluding hydrogens is 355 g/mol. The van der Waals surface area contributed by atoms with Crippen molar-refractivity contribution in [3.8, 4) is 0 Å². The van der Waals surface area contributed by atoms with Gasteiger partial charge in [0.2, 0.25) is 0 Å². The zero-order valence-electron chi connectivity index (χ0n) is 13.9. The van der Waals surface area contributed by atoms with Gasteiger partial charge in [-0.1, -0.05) is 29.8 Å². The quantitative estimate of drug-likeness (QED) is 0.497. The van der Waals surface area contributed by atoms with E-state index in [-0.39, 0.29) is 19.1 Å². The first-order valence-corrected chi connectivity index (χ1v) is 8.67. The van der Waals surface area contributed by atoms with Crippen molar-refractivity contribution in [1.29, 1.82) is 0 Å². The highest BCUT2D eigenvalue weighted by molar-refractivity contribution is 6.31.